The van der Waals surface area contributed by atoms with Gasteiger partial charge in [-0.2, -0.15) is 0 Å². The second kappa shape index (κ2) is 8.30. The van der Waals surface area contributed by atoms with Crippen LogP contribution in [0, 0.1) is 6.92 Å². The number of ether oxygens (including phenoxy) is 1. The second-order valence-electron chi connectivity index (χ2n) is 9.97. The SMILES string of the molecule is Cc1nc2cccc(-c3cc4c([nH]3)CCNC4=O)c2nc1N[C@@H]1CCN(C(=O)OC(C)(C)C)C1. The summed E-state index contributed by atoms with van der Waals surface area (Å²) in [5.74, 6) is 0.647. The lowest BCUT2D eigenvalue weighted by atomic mass is 10.1. The molecule has 178 valence electrons. The molecule has 5 rings (SSSR count). The van der Waals surface area contributed by atoms with Crippen LogP contribution in [0.5, 0.6) is 0 Å². The van der Waals surface area contributed by atoms with Crippen LogP contribution in [-0.2, 0) is 11.2 Å². The normalized spacial score (nSPS) is 18.1. The first-order chi connectivity index (χ1) is 16.2. The van der Waals surface area contributed by atoms with Gasteiger partial charge in [0.1, 0.15) is 16.9 Å². The molecule has 2 aliphatic rings. The Bertz CT molecular complexity index is 1280. The summed E-state index contributed by atoms with van der Waals surface area (Å²) in [6.45, 7) is 9.36. The number of likely N-dealkylation sites (tertiary alicyclic amines) is 1. The van der Waals surface area contributed by atoms with Gasteiger partial charge in [0.05, 0.1) is 16.8 Å². The molecule has 2 amide bonds. The summed E-state index contributed by atoms with van der Waals surface area (Å²) < 4.78 is 5.51. The average Bonchev–Trinajstić information content (AvgIpc) is 3.41. The van der Waals surface area contributed by atoms with Gasteiger partial charge in [0.25, 0.3) is 5.91 Å². The fourth-order valence-corrected chi connectivity index (χ4v) is 4.52. The minimum absolute atomic E-state index is 0.0518. The molecule has 3 N–H and O–H groups in total. The quantitative estimate of drug-likeness (QED) is 0.548. The molecular weight excluding hydrogens is 432 g/mol. The van der Waals surface area contributed by atoms with Gasteiger partial charge >= 0.3 is 6.09 Å². The smallest absolute Gasteiger partial charge is 0.410 e. The summed E-state index contributed by atoms with van der Waals surface area (Å²) in [4.78, 5) is 39.5. The summed E-state index contributed by atoms with van der Waals surface area (Å²) in [5.41, 5.74) is 5.22. The Kier molecular flexibility index (Phi) is 5.42. The minimum Gasteiger partial charge on any atom is -0.444 e. The number of hydrogen-bond acceptors (Lipinski definition) is 6. The first-order valence-corrected chi connectivity index (χ1v) is 11.7. The molecule has 0 radical (unpaired) electrons. The number of aromatic nitrogens is 3. The standard InChI is InChI=1S/C25H30N6O3/c1-14-22(28-15-9-11-31(13-15)24(33)34-25(2,3)4)30-21-16(6-5-7-19(21)27-14)20-12-17-18(29-20)8-10-26-23(17)32/h5-7,12,15,29H,8-11,13H2,1-4H3,(H,26,32)(H,28,30)/t15-/m1/s1. The minimum atomic E-state index is -0.517. The van der Waals surface area contributed by atoms with E-state index in [4.69, 9.17) is 14.7 Å². The summed E-state index contributed by atoms with van der Waals surface area (Å²) >= 11 is 0. The van der Waals surface area contributed by atoms with Crippen molar-refractivity contribution in [3.05, 3.63) is 41.2 Å². The Morgan fingerprint density at radius 2 is 2.06 bits per heavy atom. The Balaban J connectivity index is 1.41. The number of amides is 2. The third kappa shape index (κ3) is 4.30. The van der Waals surface area contributed by atoms with Crippen molar-refractivity contribution in [1.29, 1.82) is 0 Å². The molecule has 0 unspecified atom stereocenters. The molecule has 2 aliphatic heterocycles. The number of fused-ring (bicyclic) bond motifs is 2. The maximum absolute atomic E-state index is 12.4. The molecular formula is C25H30N6O3. The van der Waals surface area contributed by atoms with Gasteiger partial charge in [-0.25, -0.2) is 14.8 Å². The molecule has 0 bridgehead atoms. The molecule has 9 nitrogen and oxygen atoms in total. The Hall–Kier alpha value is -3.62. The van der Waals surface area contributed by atoms with E-state index in [1.807, 2.05) is 52.0 Å². The number of H-pyrrole nitrogens is 1. The van der Waals surface area contributed by atoms with E-state index in [-0.39, 0.29) is 18.0 Å². The van der Waals surface area contributed by atoms with Crippen molar-refractivity contribution in [2.45, 2.75) is 52.2 Å². The highest BCUT2D eigenvalue weighted by Crippen LogP contribution is 2.30. The highest BCUT2D eigenvalue weighted by atomic mass is 16.6. The Morgan fingerprint density at radius 3 is 2.82 bits per heavy atom. The van der Waals surface area contributed by atoms with Gasteiger partial charge in [0.2, 0.25) is 0 Å². The number of aromatic amines is 1. The number of hydrogen-bond donors (Lipinski definition) is 3. The van der Waals surface area contributed by atoms with E-state index in [1.54, 1.807) is 4.90 Å². The lowest BCUT2D eigenvalue weighted by Gasteiger charge is -2.24. The van der Waals surface area contributed by atoms with E-state index in [0.717, 1.165) is 46.5 Å². The Labute approximate surface area is 198 Å². The molecule has 0 spiro atoms. The number of nitrogens with one attached hydrogen (secondary N) is 3. The summed E-state index contributed by atoms with van der Waals surface area (Å²) in [6, 6.07) is 7.84. The zero-order valence-electron chi connectivity index (χ0n) is 20.0. The lowest BCUT2D eigenvalue weighted by Crippen LogP contribution is -2.36. The van der Waals surface area contributed by atoms with Crippen molar-refractivity contribution in [2.24, 2.45) is 0 Å². The van der Waals surface area contributed by atoms with Crippen molar-refractivity contribution >= 4 is 28.9 Å². The predicted octanol–water partition coefficient (Wildman–Crippen LogP) is 3.64. The monoisotopic (exact) mass is 462 g/mol. The molecule has 1 atom stereocenters. The van der Waals surface area contributed by atoms with Gasteiger partial charge < -0.3 is 25.3 Å². The maximum Gasteiger partial charge on any atom is 0.410 e. The number of nitrogens with zero attached hydrogens (tertiary/aromatic N) is 3. The van der Waals surface area contributed by atoms with Gasteiger partial charge in [0.15, 0.2) is 0 Å². The zero-order valence-corrected chi connectivity index (χ0v) is 20.0. The summed E-state index contributed by atoms with van der Waals surface area (Å²) in [7, 11) is 0. The van der Waals surface area contributed by atoms with E-state index in [0.29, 0.717) is 31.0 Å². The van der Waals surface area contributed by atoms with Crippen molar-refractivity contribution in [2.75, 3.05) is 25.0 Å². The number of aryl methyl sites for hydroxylation is 1. The zero-order chi connectivity index (χ0) is 24.0. The number of carbonyl (C=O) groups is 2. The van der Waals surface area contributed by atoms with Gasteiger partial charge in [-0.3, -0.25) is 4.79 Å². The van der Waals surface area contributed by atoms with Crippen LogP contribution < -0.4 is 10.6 Å². The Morgan fingerprint density at radius 1 is 1.24 bits per heavy atom. The van der Waals surface area contributed by atoms with Gasteiger partial charge in [0, 0.05) is 49.0 Å². The van der Waals surface area contributed by atoms with Crippen LogP contribution in [0.4, 0.5) is 10.6 Å². The van der Waals surface area contributed by atoms with Crippen molar-refractivity contribution in [3.63, 3.8) is 0 Å². The number of rotatable bonds is 3. The highest BCUT2D eigenvalue weighted by Gasteiger charge is 2.30. The molecule has 1 saturated heterocycles. The van der Waals surface area contributed by atoms with E-state index in [9.17, 15) is 9.59 Å². The van der Waals surface area contributed by atoms with E-state index >= 15 is 0 Å². The third-order valence-electron chi connectivity index (χ3n) is 6.14. The number of anilines is 1. The molecule has 9 heteroatoms. The molecule has 1 fully saturated rings. The molecule has 0 aliphatic carbocycles. The van der Waals surface area contributed by atoms with Gasteiger partial charge in [-0.1, -0.05) is 12.1 Å². The number of benzene rings is 1. The van der Waals surface area contributed by atoms with Crippen LogP contribution in [0.25, 0.3) is 22.3 Å². The van der Waals surface area contributed by atoms with E-state index < -0.39 is 5.60 Å². The molecule has 0 saturated carbocycles. The lowest BCUT2D eigenvalue weighted by molar-refractivity contribution is 0.0293. The summed E-state index contributed by atoms with van der Waals surface area (Å²) in [6.07, 6.45) is 1.29. The number of carbonyl (C=O) groups excluding carboxylic acids is 2. The summed E-state index contributed by atoms with van der Waals surface area (Å²) in [5, 5.41) is 6.37. The van der Waals surface area contributed by atoms with Crippen LogP contribution in [0.3, 0.4) is 0 Å². The van der Waals surface area contributed by atoms with Crippen LogP contribution in [0.15, 0.2) is 24.3 Å². The van der Waals surface area contributed by atoms with Crippen molar-refractivity contribution in [1.82, 2.24) is 25.2 Å². The third-order valence-corrected chi connectivity index (χ3v) is 6.14. The van der Waals surface area contributed by atoms with Crippen LogP contribution in [0.1, 0.15) is 48.9 Å². The molecule has 1 aromatic carbocycles. The number of para-hydroxylation sites is 1. The topological polar surface area (TPSA) is 112 Å². The van der Waals surface area contributed by atoms with Crippen LogP contribution >= 0.6 is 0 Å². The molecule has 4 heterocycles. The fourth-order valence-electron chi connectivity index (χ4n) is 4.52. The molecule has 34 heavy (non-hydrogen) atoms. The highest BCUT2D eigenvalue weighted by molar-refractivity contribution is 5.99. The molecule has 2 aromatic heterocycles. The second-order valence-corrected chi connectivity index (χ2v) is 9.97. The van der Waals surface area contributed by atoms with Gasteiger partial charge in [-0.05, 0) is 46.2 Å². The predicted molar refractivity (Wildman–Crippen MR) is 130 cm³/mol. The van der Waals surface area contributed by atoms with Gasteiger partial charge in [-0.15, -0.1) is 0 Å². The van der Waals surface area contributed by atoms with Crippen molar-refractivity contribution in [3.8, 4) is 11.3 Å². The fraction of sp³-hybridized carbons (Fsp3) is 0.440. The first kappa shape index (κ1) is 22.2. The van der Waals surface area contributed by atoms with Crippen molar-refractivity contribution < 1.29 is 14.3 Å². The van der Waals surface area contributed by atoms with E-state index in [1.165, 1.54) is 0 Å². The van der Waals surface area contributed by atoms with E-state index in [2.05, 4.69) is 15.6 Å². The average molecular weight is 463 g/mol. The first-order valence-electron chi connectivity index (χ1n) is 11.7. The van der Waals surface area contributed by atoms with Crippen LogP contribution in [0.2, 0.25) is 0 Å². The van der Waals surface area contributed by atoms with Crippen LogP contribution in [-0.4, -0.2) is 63.1 Å². The maximum atomic E-state index is 12.4. The largest absolute Gasteiger partial charge is 0.444 e. The molecule has 3 aromatic rings.